The van der Waals surface area contributed by atoms with E-state index >= 15 is 0 Å². The van der Waals surface area contributed by atoms with Gasteiger partial charge in [0.05, 0.1) is 12.8 Å². The maximum atomic E-state index is 12.6. The number of ether oxygens (including phenoxy) is 2. The number of hydroxylamine groups is 1. The summed E-state index contributed by atoms with van der Waals surface area (Å²) in [7, 11) is 0. The highest BCUT2D eigenvalue weighted by Gasteiger charge is 2.46. The summed E-state index contributed by atoms with van der Waals surface area (Å²) in [5.41, 5.74) is 0.773. The molecule has 2 aliphatic heterocycles. The van der Waals surface area contributed by atoms with Crippen LogP contribution in [0.15, 0.2) is 41.0 Å². The number of fused-ring (bicyclic) bond motifs is 2. The number of rotatable bonds is 3. The van der Waals surface area contributed by atoms with Crippen LogP contribution in [0.5, 0.6) is 5.75 Å². The first-order valence-electron chi connectivity index (χ1n) is 8.31. The first-order chi connectivity index (χ1) is 12.4. The Balaban J connectivity index is 1.79. The molecule has 1 N–H and O–H groups in total. The molecule has 0 bridgehead atoms. The van der Waals surface area contributed by atoms with E-state index < -0.39 is 17.7 Å². The van der Waals surface area contributed by atoms with Crippen LogP contribution in [-0.4, -0.2) is 43.9 Å². The van der Waals surface area contributed by atoms with Crippen molar-refractivity contribution in [2.75, 3.05) is 6.61 Å². The third kappa shape index (κ3) is 2.56. The van der Waals surface area contributed by atoms with E-state index in [9.17, 15) is 10.3 Å². The van der Waals surface area contributed by atoms with Crippen molar-refractivity contribution in [2.24, 2.45) is 0 Å². The van der Waals surface area contributed by atoms with Crippen molar-refractivity contribution in [3.8, 4) is 5.75 Å². The fourth-order valence-corrected chi connectivity index (χ4v) is 3.23. The second kappa shape index (κ2) is 5.89. The molecule has 0 amide bonds. The van der Waals surface area contributed by atoms with E-state index in [4.69, 9.17) is 14.1 Å². The van der Waals surface area contributed by atoms with Gasteiger partial charge < -0.3 is 25.0 Å². The number of nitrogens with zero attached hydrogens (tertiary/aromatic N) is 4. The highest BCUT2D eigenvalue weighted by Crippen LogP contribution is 2.45. The molecule has 2 aliphatic rings. The van der Waals surface area contributed by atoms with E-state index in [1.807, 2.05) is 6.92 Å². The fourth-order valence-electron chi connectivity index (χ4n) is 3.23. The normalized spacial score (nSPS) is 24.3. The standard InChI is InChI=1S/C17H19N4O5/c1-4-24-10-5-6-20(21(23)9-10)15-11-7-12-13(19-26-18-12)8-14(11)25-17(2,3)16(15)22/h5-9,15-16,22H,4H2,1-3H3/q-1. The van der Waals surface area contributed by atoms with E-state index in [1.165, 1.54) is 11.2 Å². The smallest absolute Gasteiger partial charge is 0.138 e. The topological polar surface area (TPSA) is 107 Å². The maximum Gasteiger partial charge on any atom is 0.138 e. The molecule has 4 rings (SSSR count). The fraction of sp³-hybridized carbons (Fsp3) is 0.412. The molecule has 2 unspecified atom stereocenters. The number of benzene rings is 1. The monoisotopic (exact) mass is 359 g/mol. The second-order valence-electron chi connectivity index (χ2n) is 6.70. The summed E-state index contributed by atoms with van der Waals surface area (Å²) in [5.74, 6) is 0.978. The first kappa shape index (κ1) is 16.7. The number of aromatic nitrogens is 2. The van der Waals surface area contributed by atoms with Crippen LogP contribution >= 0.6 is 0 Å². The quantitative estimate of drug-likeness (QED) is 0.882. The van der Waals surface area contributed by atoms with Crippen LogP contribution in [0.3, 0.4) is 0 Å². The highest BCUT2D eigenvalue weighted by molar-refractivity contribution is 5.77. The van der Waals surface area contributed by atoms with Crippen molar-refractivity contribution in [2.45, 2.75) is 38.5 Å². The molecule has 26 heavy (non-hydrogen) atoms. The number of allylic oxidation sites excluding steroid dienone is 1. The molecule has 0 radical (unpaired) electrons. The Morgan fingerprint density at radius 2 is 2.04 bits per heavy atom. The van der Waals surface area contributed by atoms with Gasteiger partial charge in [0.15, 0.2) is 0 Å². The Morgan fingerprint density at radius 1 is 1.31 bits per heavy atom. The summed E-state index contributed by atoms with van der Waals surface area (Å²) >= 11 is 0. The van der Waals surface area contributed by atoms with Crippen LogP contribution in [0.25, 0.3) is 11.0 Å². The van der Waals surface area contributed by atoms with Gasteiger partial charge in [0, 0.05) is 17.8 Å². The molecule has 1 aromatic heterocycles. The molecule has 9 nitrogen and oxygen atoms in total. The summed E-state index contributed by atoms with van der Waals surface area (Å²) in [5, 5.41) is 33.2. The summed E-state index contributed by atoms with van der Waals surface area (Å²) in [4.78, 5) is 0. The number of hydrogen-bond acceptors (Lipinski definition) is 9. The molecular formula is C17H19N4O5-. The first-order valence-corrected chi connectivity index (χ1v) is 8.31. The van der Waals surface area contributed by atoms with E-state index in [2.05, 4.69) is 10.3 Å². The number of aliphatic hydroxyl groups is 1. The van der Waals surface area contributed by atoms with Crippen LogP contribution in [0.2, 0.25) is 0 Å². The third-order valence-corrected chi connectivity index (χ3v) is 4.54. The van der Waals surface area contributed by atoms with Crippen molar-refractivity contribution in [3.63, 3.8) is 0 Å². The Labute approximate surface area is 149 Å². The lowest BCUT2D eigenvalue weighted by atomic mass is 9.86. The summed E-state index contributed by atoms with van der Waals surface area (Å²) in [6.45, 7) is 5.83. The molecule has 0 saturated heterocycles. The zero-order chi connectivity index (χ0) is 18.5. The molecule has 9 heteroatoms. The lowest BCUT2D eigenvalue weighted by molar-refractivity contribution is -0.113. The van der Waals surface area contributed by atoms with Crippen molar-refractivity contribution in [1.82, 2.24) is 20.5 Å². The predicted octanol–water partition coefficient (Wildman–Crippen LogP) is 2.22. The van der Waals surface area contributed by atoms with Crippen LogP contribution in [0.1, 0.15) is 32.4 Å². The zero-order valence-corrected chi connectivity index (χ0v) is 14.6. The van der Waals surface area contributed by atoms with Crippen molar-refractivity contribution in [3.05, 3.63) is 47.1 Å². The average Bonchev–Trinajstić information content (AvgIpc) is 3.03. The summed E-state index contributed by atoms with van der Waals surface area (Å²) < 4.78 is 16.1. The molecule has 138 valence electrons. The van der Waals surface area contributed by atoms with Gasteiger partial charge in [0.1, 0.15) is 40.3 Å². The van der Waals surface area contributed by atoms with Gasteiger partial charge in [-0.25, -0.2) is 4.63 Å². The Hall–Kier alpha value is -2.78. The van der Waals surface area contributed by atoms with Crippen molar-refractivity contribution >= 4 is 11.0 Å². The van der Waals surface area contributed by atoms with E-state index in [0.29, 0.717) is 39.9 Å². The van der Waals surface area contributed by atoms with Crippen LogP contribution in [-0.2, 0) is 4.74 Å². The SMILES string of the molecule is CCOC1=CN([O-])N(C2c3cc4nonc4cc3OC(C)(C)C2O)C=C1. The number of aliphatic hydroxyl groups excluding tert-OH is 1. The zero-order valence-electron chi connectivity index (χ0n) is 14.6. The maximum absolute atomic E-state index is 12.6. The minimum absolute atomic E-state index is 0.455. The second-order valence-corrected chi connectivity index (χ2v) is 6.70. The minimum atomic E-state index is -0.976. The van der Waals surface area contributed by atoms with Gasteiger partial charge in [-0.2, -0.15) is 0 Å². The van der Waals surface area contributed by atoms with Crippen molar-refractivity contribution in [1.29, 1.82) is 0 Å². The number of hydrogen-bond donors (Lipinski definition) is 1. The molecule has 2 atom stereocenters. The molecule has 0 aliphatic carbocycles. The van der Waals surface area contributed by atoms with Crippen LogP contribution in [0, 0.1) is 5.21 Å². The molecule has 0 fully saturated rings. The Morgan fingerprint density at radius 3 is 2.73 bits per heavy atom. The van der Waals surface area contributed by atoms with Gasteiger partial charge in [0.25, 0.3) is 0 Å². The molecule has 3 heterocycles. The summed E-state index contributed by atoms with van der Waals surface area (Å²) in [6.07, 6.45) is 3.62. The molecule has 0 spiro atoms. The molecule has 0 saturated carbocycles. The van der Waals surface area contributed by atoms with E-state index in [-0.39, 0.29) is 0 Å². The Kier molecular flexibility index (Phi) is 3.78. The van der Waals surface area contributed by atoms with Gasteiger partial charge >= 0.3 is 0 Å². The van der Waals surface area contributed by atoms with Gasteiger partial charge in [0.2, 0.25) is 0 Å². The van der Waals surface area contributed by atoms with Crippen molar-refractivity contribution < 1.29 is 19.2 Å². The van der Waals surface area contributed by atoms with Gasteiger partial charge in [-0.3, -0.25) is 5.01 Å². The van der Waals surface area contributed by atoms with E-state index in [0.717, 1.165) is 0 Å². The van der Waals surface area contributed by atoms with Crippen LogP contribution in [0.4, 0.5) is 0 Å². The number of hydrazine groups is 1. The molecule has 2 aromatic rings. The Bertz CT molecular complexity index is 890. The lowest BCUT2D eigenvalue weighted by Gasteiger charge is -2.51. The van der Waals surface area contributed by atoms with Crippen LogP contribution < -0.4 is 4.74 Å². The van der Waals surface area contributed by atoms with E-state index in [1.54, 1.807) is 38.3 Å². The molecular weight excluding hydrogens is 340 g/mol. The average molecular weight is 359 g/mol. The minimum Gasteiger partial charge on any atom is -0.739 e. The summed E-state index contributed by atoms with van der Waals surface area (Å²) in [6, 6.07) is 2.74. The van der Waals surface area contributed by atoms with Gasteiger partial charge in [-0.05, 0) is 43.2 Å². The lowest BCUT2D eigenvalue weighted by Crippen LogP contribution is -2.54. The van der Waals surface area contributed by atoms with Gasteiger partial charge in [-0.15, -0.1) is 0 Å². The van der Waals surface area contributed by atoms with Gasteiger partial charge in [-0.1, -0.05) is 0 Å². The predicted molar refractivity (Wildman–Crippen MR) is 91.2 cm³/mol. The highest BCUT2D eigenvalue weighted by atomic mass is 16.6. The third-order valence-electron chi connectivity index (χ3n) is 4.54. The molecule has 1 aromatic carbocycles. The largest absolute Gasteiger partial charge is 0.739 e.